The van der Waals surface area contributed by atoms with Crippen LogP contribution in [0.3, 0.4) is 0 Å². The summed E-state index contributed by atoms with van der Waals surface area (Å²) in [6, 6.07) is 16.0. The number of hydrogen-bond donors (Lipinski definition) is 0. The average Bonchev–Trinajstić information content (AvgIpc) is 2.95. The third kappa shape index (κ3) is 2.36. The number of piperidine rings is 1. The van der Waals surface area contributed by atoms with Gasteiger partial charge in [-0.1, -0.05) is 35.9 Å². The van der Waals surface area contributed by atoms with E-state index in [0.717, 1.165) is 42.2 Å². The molecule has 1 amide bonds. The van der Waals surface area contributed by atoms with Crippen molar-refractivity contribution in [3.05, 3.63) is 59.1 Å². The van der Waals surface area contributed by atoms with Crippen molar-refractivity contribution in [3.63, 3.8) is 0 Å². The second kappa shape index (κ2) is 6.10. The van der Waals surface area contributed by atoms with Crippen LogP contribution in [-0.2, 0) is 11.2 Å². The zero-order chi connectivity index (χ0) is 18.6. The molecular formula is C22H22ClN3O. The molecule has 1 fully saturated rings. The number of hydrazone groups is 1. The van der Waals surface area contributed by atoms with Gasteiger partial charge < -0.3 is 4.90 Å². The van der Waals surface area contributed by atoms with Gasteiger partial charge in [0, 0.05) is 23.3 Å². The Morgan fingerprint density at radius 3 is 2.78 bits per heavy atom. The maximum absolute atomic E-state index is 13.8. The van der Waals surface area contributed by atoms with Crippen LogP contribution in [0.15, 0.2) is 53.6 Å². The highest BCUT2D eigenvalue weighted by atomic mass is 35.5. The van der Waals surface area contributed by atoms with Crippen LogP contribution in [0, 0.1) is 5.41 Å². The van der Waals surface area contributed by atoms with Crippen LogP contribution >= 0.6 is 11.6 Å². The summed E-state index contributed by atoms with van der Waals surface area (Å²) in [6.45, 7) is 2.99. The van der Waals surface area contributed by atoms with E-state index in [0.29, 0.717) is 6.42 Å². The molecule has 0 bridgehead atoms. The Kier molecular flexibility index (Phi) is 3.80. The van der Waals surface area contributed by atoms with Gasteiger partial charge >= 0.3 is 0 Å². The molecule has 2 atom stereocenters. The summed E-state index contributed by atoms with van der Waals surface area (Å²) in [6.07, 6.45) is 3.99. The highest BCUT2D eigenvalue weighted by Gasteiger charge is 2.59. The van der Waals surface area contributed by atoms with Crippen LogP contribution in [0.1, 0.15) is 31.7 Å². The zero-order valence-corrected chi connectivity index (χ0v) is 16.1. The standard InChI is InChI=1S/C22H22ClN3O/c1-15-22(21(27)26(24-15)18-7-3-2-4-8-18)14-16-10-11-17(23)13-19(16)25-12-6-5-9-20(22)25/h2-4,7-8,10-11,13,20H,5-6,9,12,14H2,1H3/t20-,22+/m0/s1. The first-order chi connectivity index (χ1) is 13.1. The molecule has 3 aliphatic heterocycles. The molecule has 138 valence electrons. The third-order valence-corrected chi connectivity index (χ3v) is 6.60. The first kappa shape index (κ1) is 16.8. The van der Waals surface area contributed by atoms with Crippen molar-refractivity contribution in [2.45, 2.75) is 38.6 Å². The van der Waals surface area contributed by atoms with E-state index in [1.54, 1.807) is 5.01 Å². The first-order valence-electron chi connectivity index (χ1n) is 9.61. The number of amides is 1. The summed E-state index contributed by atoms with van der Waals surface area (Å²) in [4.78, 5) is 16.2. The fourth-order valence-electron chi connectivity index (χ4n) is 5.06. The van der Waals surface area contributed by atoms with Crippen LogP contribution < -0.4 is 9.91 Å². The van der Waals surface area contributed by atoms with Gasteiger partial charge in [-0.25, -0.2) is 0 Å². The molecule has 0 saturated carbocycles. The molecule has 27 heavy (non-hydrogen) atoms. The smallest absolute Gasteiger partial charge is 0.261 e. The van der Waals surface area contributed by atoms with Gasteiger partial charge in [0.1, 0.15) is 5.41 Å². The summed E-state index contributed by atoms with van der Waals surface area (Å²) < 4.78 is 0. The van der Waals surface area contributed by atoms with Gasteiger partial charge in [0.25, 0.3) is 5.91 Å². The van der Waals surface area contributed by atoms with E-state index in [9.17, 15) is 4.79 Å². The van der Waals surface area contributed by atoms with Crippen molar-refractivity contribution in [1.29, 1.82) is 0 Å². The van der Waals surface area contributed by atoms with E-state index >= 15 is 0 Å². The van der Waals surface area contributed by atoms with Gasteiger partial charge in [0.15, 0.2) is 0 Å². The summed E-state index contributed by atoms with van der Waals surface area (Å²) >= 11 is 6.29. The second-order valence-corrected chi connectivity index (χ2v) is 8.20. The minimum Gasteiger partial charge on any atom is -0.367 e. The van der Waals surface area contributed by atoms with Crippen LogP contribution in [0.25, 0.3) is 0 Å². The molecule has 0 aliphatic carbocycles. The van der Waals surface area contributed by atoms with Crippen LogP contribution in [-0.4, -0.2) is 24.2 Å². The van der Waals surface area contributed by atoms with E-state index in [2.05, 4.69) is 17.0 Å². The molecule has 2 aromatic carbocycles. The molecule has 1 spiro atoms. The summed E-state index contributed by atoms with van der Waals surface area (Å²) in [7, 11) is 0. The maximum atomic E-state index is 13.8. The highest BCUT2D eigenvalue weighted by molar-refractivity contribution is 6.31. The number of halogens is 1. The number of para-hydroxylation sites is 1. The van der Waals surface area contributed by atoms with Crippen molar-refractivity contribution in [2.24, 2.45) is 10.5 Å². The van der Waals surface area contributed by atoms with Crippen molar-refractivity contribution in [2.75, 3.05) is 16.5 Å². The van der Waals surface area contributed by atoms with Crippen LogP contribution in [0.5, 0.6) is 0 Å². The van der Waals surface area contributed by atoms with Gasteiger partial charge in [-0.2, -0.15) is 10.1 Å². The Bertz CT molecular complexity index is 942. The number of anilines is 2. The number of benzene rings is 2. The first-order valence-corrected chi connectivity index (χ1v) is 9.99. The van der Waals surface area contributed by atoms with Gasteiger partial charge in [-0.3, -0.25) is 4.79 Å². The fraction of sp³-hybridized carbons (Fsp3) is 0.364. The number of fused-ring (bicyclic) bond motifs is 4. The predicted molar refractivity (Wildman–Crippen MR) is 110 cm³/mol. The molecule has 0 aromatic heterocycles. The molecule has 1 saturated heterocycles. The zero-order valence-electron chi connectivity index (χ0n) is 15.4. The number of carbonyl (C=O) groups is 1. The summed E-state index contributed by atoms with van der Waals surface area (Å²) in [5.41, 5.74) is 3.56. The Hall–Kier alpha value is -2.33. The molecule has 0 N–H and O–H groups in total. The monoisotopic (exact) mass is 379 g/mol. The molecule has 4 nitrogen and oxygen atoms in total. The predicted octanol–water partition coefficient (Wildman–Crippen LogP) is 4.66. The van der Waals surface area contributed by atoms with Gasteiger partial charge in [-0.05, 0) is 62.4 Å². The van der Waals surface area contributed by atoms with Crippen LogP contribution in [0.4, 0.5) is 11.4 Å². The van der Waals surface area contributed by atoms with E-state index in [4.69, 9.17) is 16.7 Å². The van der Waals surface area contributed by atoms with Crippen molar-refractivity contribution < 1.29 is 4.79 Å². The number of rotatable bonds is 1. The SMILES string of the molecule is CC1=NN(c2ccccc2)C(=O)[C@]12Cc1ccc(Cl)cc1N1CCCC[C@H]12. The van der Waals surface area contributed by atoms with Crippen molar-refractivity contribution >= 4 is 34.6 Å². The lowest BCUT2D eigenvalue weighted by atomic mass is 9.66. The lowest BCUT2D eigenvalue weighted by Crippen LogP contribution is -2.61. The summed E-state index contributed by atoms with van der Waals surface area (Å²) in [5.74, 6) is 0.101. The van der Waals surface area contributed by atoms with E-state index in [-0.39, 0.29) is 11.9 Å². The quantitative estimate of drug-likeness (QED) is 0.722. The molecule has 3 aliphatic rings. The third-order valence-electron chi connectivity index (χ3n) is 6.37. The topological polar surface area (TPSA) is 35.9 Å². The number of carbonyl (C=O) groups excluding carboxylic acids is 1. The molecule has 3 heterocycles. The lowest BCUT2D eigenvalue weighted by Gasteiger charge is -2.51. The van der Waals surface area contributed by atoms with Gasteiger partial charge in [-0.15, -0.1) is 0 Å². The maximum Gasteiger partial charge on any atom is 0.261 e. The van der Waals surface area contributed by atoms with E-state index < -0.39 is 5.41 Å². The summed E-state index contributed by atoms with van der Waals surface area (Å²) in [5, 5.41) is 7.11. The average molecular weight is 380 g/mol. The van der Waals surface area contributed by atoms with Gasteiger partial charge in [0.05, 0.1) is 11.4 Å². The largest absolute Gasteiger partial charge is 0.367 e. The molecular weight excluding hydrogens is 358 g/mol. The van der Waals surface area contributed by atoms with Crippen molar-refractivity contribution in [1.82, 2.24) is 0 Å². The normalized spacial score (nSPS) is 26.8. The van der Waals surface area contributed by atoms with E-state index in [1.807, 2.05) is 43.3 Å². The fourth-order valence-corrected chi connectivity index (χ4v) is 5.23. The van der Waals surface area contributed by atoms with Gasteiger partial charge in [0.2, 0.25) is 0 Å². The molecule has 5 heteroatoms. The Morgan fingerprint density at radius 1 is 1.15 bits per heavy atom. The molecule has 0 radical (unpaired) electrons. The molecule has 5 rings (SSSR count). The number of hydrogen-bond acceptors (Lipinski definition) is 3. The minimum atomic E-state index is -0.586. The highest BCUT2D eigenvalue weighted by Crippen LogP contribution is 2.50. The van der Waals surface area contributed by atoms with Crippen LogP contribution in [0.2, 0.25) is 5.02 Å². The molecule has 0 unspecified atom stereocenters. The Morgan fingerprint density at radius 2 is 1.96 bits per heavy atom. The second-order valence-electron chi connectivity index (χ2n) is 7.76. The molecule has 2 aromatic rings. The Labute approximate surface area is 164 Å². The lowest BCUT2D eigenvalue weighted by molar-refractivity contribution is -0.125. The minimum absolute atomic E-state index is 0.101. The Balaban J connectivity index is 1.64. The van der Waals surface area contributed by atoms with E-state index in [1.165, 1.54) is 11.3 Å². The number of nitrogens with zero attached hydrogens (tertiary/aromatic N) is 3. The van der Waals surface area contributed by atoms with Crippen molar-refractivity contribution in [3.8, 4) is 0 Å².